The van der Waals surface area contributed by atoms with Crippen molar-refractivity contribution >= 4 is 0 Å². The van der Waals surface area contributed by atoms with Crippen LogP contribution in [0.15, 0.2) is 0 Å². The zero-order chi connectivity index (χ0) is 6.81. The fraction of sp³-hybridized carbons (Fsp3) is 1.00. The quantitative estimate of drug-likeness (QED) is 0.496. The summed E-state index contributed by atoms with van der Waals surface area (Å²) in [5.41, 5.74) is 0. The van der Waals surface area contributed by atoms with E-state index in [1.54, 1.807) is 0 Å². The Morgan fingerprint density at radius 2 is 1.70 bits per heavy atom. The van der Waals surface area contributed by atoms with Gasteiger partial charge in [-0.15, -0.1) is 0 Å². The van der Waals surface area contributed by atoms with Gasteiger partial charge in [-0.05, 0) is 12.8 Å². The van der Waals surface area contributed by atoms with Crippen LogP contribution in [0.1, 0.15) is 12.8 Å². The third-order valence-electron chi connectivity index (χ3n) is 1.92. The van der Waals surface area contributed by atoms with E-state index in [2.05, 4.69) is 0 Å². The van der Waals surface area contributed by atoms with Crippen LogP contribution in [0.3, 0.4) is 0 Å². The van der Waals surface area contributed by atoms with Gasteiger partial charge in [0.05, 0.1) is 13.2 Å². The Balaban J connectivity index is 1.93. The Hall–Kier alpha value is -0.120. The van der Waals surface area contributed by atoms with Crippen molar-refractivity contribution in [2.24, 2.45) is 0 Å². The maximum atomic E-state index is 5.43. The molecule has 58 valence electrons. The second-order valence-corrected chi connectivity index (χ2v) is 2.66. The Morgan fingerprint density at radius 3 is 2.60 bits per heavy atom. The lowest BCUT2D eigenvalue weighted by atomic mass is 10.1. The molecule has 2 aliphatic heterocycles. The number of ether oxygens (including phenoxy) is 3. The zero-order valence-electron chi connectivity index (χ0n) is 5.91. The molecule has 2 rings (SSSR count). The number of fused-ring (bicyclic) bond motifs is 1. The van der Waals surface area contributed by atoms with Gasteiger partial charge >= 0.3 is 0 Å². The van der Waals surface area contributed by atoms with Crippen LogP contribution < -0.4 is 0 Å². The van der Waals surface area contributed by atoms with Crippen molar-refractivity contribution < 1.29 is 14.2 Å². The van der Waals surface area contributed by atoms with Gasteiger partial charge in [0.25, 0.3) is 0 Å². The summed E-state index contributed by atoms with van der Waals surface area (Å²) < 4.78 is 16.1. The van der Waals surface area contributed by atoms with Gasteiger partial charge in [0.15, 0.2) is 6.29 Å². The summed E-state index contributed by atoms with van der Waals surface area (Å²) in [6, 6.07) is 0. The molecular formula is C7H12O3. The van der Waals surface area contributed by atoms with E-state index in [0.717, 1.165) is 26.1 Å². The first-order valence-corrected chi connectivity index (χ1v) is 3.81. The molecule has 0 N–H and O–H groups in total. The molecule has 3 heteroatoms. The third-order valence-corrected chi connectivity index (χ3v) is 1.92. The second kappa shape index (κ2) is 2.86. The Bertz CT molecular complexity index is 89.4. The molecule has 2 fully saturated rings. The van der Waals surface area contributed by atoms with Crippen LogP contribution in [0, 0.1) is 0 Å². The molecule has 0 aliphatic carbocycles. The van der Waals surface area contributed by atoms with Crippen LogP contribution in [0.2, 0.25) is 0 Å². The molecule has 3 nitrogen and oxygen atoms in total. The van der Waals surface area contributed by atoms with E-state index in [-0.39, 0.29) is 12.4 Å². The summed E-state index contributed by atoms with van der Waals surface area (Å²) in [5.74, 6) is 0. The maximum Gasteiger partial charge on any atom is 0.183 e. The molecule has 2 heterocycles. The molecule has 0 spiro atoms. The van der Waals surface area contributed by atoms with Crippen LogP contribution in [0.4, 0.5) is 0 Å². The minimum atomic E-state index is -0.0671. The van der Waals surface area contributed by atoms with Crippen LogP contribution in [0.5, 0.6) is 0 Å². The summed E-state index contributed by atoms with van der Waals surface area (Å²) in [6.45, 7) is 2.23. The average Bonchev–Trinajstić information content (AvgIpc) is 2.05. The van der Waals surface area contributed by atoms with E-state index in [1.165, 1.54) is 0 Å². The van der Waals surface area contributed by atoms with Gasteiger partial charge in [-0.1, -0.05) is 0 Å². The van der Waals surface area contributed by atoms with Gasteiger partial charge in [0.1, 0.15) is 6.10 Å². The molecule has 2 unspecified atom stereocenters. The van der Waals surface area contributed by atoms with E-state index in [4.69, 9.17) is 14.2 Å². The van der Waals surface area contributed by atoms with E-state index in [1.807, 2.05) is 0 Å². The monoisotopic (exact) mass is 144 g/mol. The highest BCUT2D eigenvalue weighted by Gasteiger charge is 2.29. The fourth-order valence-electron chi connectivity index (χ4n) is 1.41. The van der Waals surface area contributed by atoms with Crippen molar-refractivity contribution in [3.05, 3.63) is 0 Å². The lowest BCUT2D eigenvalue weighted by molar-refractivity contribution is -0.265. The van der Waals surface area contributed by atoms with Crippen LogP contribution in [-0.4, -0.2) is 32.2 Å². The summed E-state index contributed by atoms with van der Waals surface area (Å²) in [6.07, 6.45) is 2.33. The predicted octanol–water partition coefficient (Wildman–Crippen LogP) is 0.538. The first-order valence-electron chi connectivity index (χ1n) is 3.81. The van der Waals surface area contributed by atoms with Crippen molar-refractivity contribution in [2.75, 3.05) is 19.8 Å². The van der Waals surface area contributed by atoms with Gasteiger partial charge in [-0.25, -0.2) is 0 Å². The summed E-state index contributed by atoms with van der Waals surface area (Å²) in [5, 5.41) is 0. The molecule has 0 amide bonds. The van der Waals surface area contributed by atoms with Gasteiger partial charge in [-0.3, -0.25) is 0 Å². The number of hydrogen-bond acceptors (Lipinski definition) is 3. The fourth-order valence-corrected chi connectivity index (χ4v) is 1.41. The minimum absolute atomic E-state index is 0.0671. The molecule has 10 heavy (non-hydrogen) atoms. The molecule has 0 aromatic heterocycles. The largest absolute Gasteiger partial charge is 0.371 e. The van der Waals surface area contributed by atoms with E-state index in [0.29, 0.717) is 6.61 Å². The molecule has 0 bridgehead atoms. The van der Waals surface area contributed by atoms with Gasteiger partial charge in [0.2, 0.25) is 0 Å². The van der Waals surface area contributed by atoms with E-state index >= 15 is 0 Å². The standard InChI is InChI=1S/C7H12O3/c1-2-6-7(9-3-1)10-5-4-8-6/h6-7H,1-5H2. The molecular weight excluding hydrogens is 132 g/mol. The number of rotatable bonds is 0. The first kappa shape index (κ1) is 6.58. The van der Waals surface area contributed by atoms with Crippen LogP contribution in [-0.2, 0) is 14.2 Å². The molecule has 2 saturated heterocycles. The SMILES string of the molecule is C1COC2OCCOC2C1. The predicted molar refractivity (Wildman–Crippen MR) is 34.7 cm³/mol. The summed E-state index contributed by atoms with van der Waals surface area (Å²) >= 11 is 0. The average molecular weight is 144 g/mol. The molecule has 2 aliphatic rings. The van der Waals surface area contributed by atoms with E-state index in [9.17, 15) is 0 Å². The topological polar surface area (TPSA) is 27.7 Å². The Kier molecular flexibility index (Phi) is 1.88. The zero-order valence-corrected chi connectivity index (χ0v) is 5.91. The van der Waals surface area contributed by atoms with Crippen molar-refractivity contribution in [2.45, 2.75) is 25.2 Å². The second-order valence-electron chi connectivity index (χ2n) is 2.66. The van der Waals surface area contributed by atoms with E-state index < -0.39 is 0 Å². The Morgan fingerprint density at radius 1 is 0.900 bits per heavy atom. The minimum Gasteiger partial charge on any atom is -0.371 e. The summed E-state index contributed by atoms with van der Waals surface area (Å²) in [7, 11) is 0. The maximum absolute atomic E-state index is 5.43. The number of hydrogen-bond donors (Lipinski definition) is 0. The smallest absolute Gasteiger partial charge is 0.183 e. The highest BCUT2D eigenvalue weighted by atomic mass is 16.7. The highest BCUT2D eigenvalue weighted by molar-refractivity contribution is 4.70. The molecule has 0 saturated carbocycles. The van der Waals surface area contributed by atoms with Crippen LogP contribution >= 0.6 is 0 Å². The molecule has 0 radical (unpaired) electrons. The molecule has 2 atom stereocenters. The highest BCUT2D eigenvalue weighted by Crippen LogP contribution is 2.20. The Labute approximate surface area is 60.3 Å². The van der Waals surface area contributed by atoms with Crippen LogP contribution in [0.25, 0.3) is 0 Å². The first-order chi connectivity index (χ1) is 4.97. The van der Waals surface area contributed by atoms with Crippen molar-refractivity contribution in [1.29, 1.82) is 0 Å². The molecule has 0 aromatic carbocycles. The summed E-state index contributed by atoms with van der Waals surface area (Å²) in [4.78, 5) is 0. The van der Waals surface area contributed by atoms with Crippen molar-refractivity contribution in [1.82, 2.24) is 0 Å². The molecule has 0 aromatic rings. The van der Waals surface area contributed by atoms with Gasteiger partial charge in [0, 0.05) is 6.61 Å². The lowest BCUT2D eigenvalue weighted by Gasteiger charge is -2.34. The van der Waals surface area contributed by atoms with Gasteiger partial charge < -0.3 is 14.2 Å². The van der Waals surface area contributed by atoms with Crippen molar-refractivity contribution in [3.63, 3.8) is 0 Å². The van der Waals surface area contributed by atoms with Gasteiger partial charge in [-0.2, -0.15) is 0 Å². The lowest BCUT2D eigenvalue weighted by Crippen LogP contribution is -2.43. The normalized spacial score (nSPS) is 40.8. The van der Waals surface area contributed by atoms with Crippen molar-refractivity contribution in [3.8, 4) is 0 Å². The third kappa shape index (κ3) is 1.17.